The highest BCUT2D eigenvalue weighted by molar-refractivity contribution is 8.07. The predicted octanol–water partition coefficient (Wildman–Crippen LogP) is 2.80. The van der Waals surface area contributed by atoms with Gasteiger partial charge in [-0.1, -0.05) is 36.4 Å². The van der Waals surface area contributed by atoms with Gasteiger partial charge >= 0.3 is 0 Å². The quantitative estimate of drug-likeness (QED) is 0.382. The third-order valence-corrected chi connectivity index (χ3v) is 5.32. The second-order valence-electron chi connectivity index (χ2n) is 5.16. The first-order valence-corrected chi connectivity index (χ1v) is 8.36. The van der Waals surface area contributed by atoms with Crippen molar-refractivity contribution in [3.8, 4) is 0 Å². The van der Waals surface area contributed by atoms with Crippen LogP contribution in [0.1, 0.15) is 5.56 Å². The molecule has 6 heteroatoms. The fraction of sp³-hybridized carbons (Fsp3) is 0. The first-order valence-electron chi connectivity index (χ1n) is 6.88. The van der Waals surface area contributed by atoms with Crippen LogP contribution in [-0.2, 0) is 9.84 Å². The number of sulfone groups is 1. The van der Waals surface area contributed by atoms with E-state index in [-0.39, 0.29) is 16.1 Å². The van der Waals surface area contributed by atoms with Crippen molar-refractivity contribution < 1.29 is 8.42 Å². The molecule has 0 aliphatic heterocycles. The second-order valence-corrected chi connectivity index (χ2v) is 7.01. The molecule has 0 aliphatic rings. The summed E-state index contributed by atoms with van der Waals surface area (Å²) in [6.45, 7) is 0. The molecule has 0 atom stereocenters. The van der Waals surface area contributed by atoms with Gasteiger partial charge in [0.2, 0.25) is 9.84 Å². The summed E-state index contributed by atoms with van der Waals surface area (Å²) in [7, 11) is -4.01. The lowest BCUT2D eigenvalue weighted by molar-refractivity contribution is 0.608. The summed E-state index contributed by atoms with van der Waals surface area (Å²) in [4.78, 5) is 0.0856. The van der Waals surface area contributed by atoms with Crippen LogP contribution in [0.2, 0.25) is 0 Å². The Balaban J connectivity index is 2.21. The van der Waals surface area contributed by atoms with Crippen molar-refractivity contribution in [3.63, 3.8) is 0 Å². The standard InChI is InChI=1S/C17H15N3O2S/c18-12-8-9-15(19)14(10-12)17(20)23(21,22)16-7-3-5-11-4-1-2-6-13(11)16/h1-10,20H,18-19H2. The van der Waals surface area contributed by atoms with E-state index in [9.17, 15) is 8.42 Å². The smallest absolute Gasteiger partial charge is 0.224 e. The molecule has 0 fully saturated rings. The minimum atomic E-state index is -4.01. The molecule has 0 aromatic heterocycles. The van der Waals surface area contributed by atoms with Gasteiger partial charge in [-0.05, 0) is 29.7 Å². The number of hydrogen-bond donors (Lipinski definition) is 3. The van der Waals surface area contributed by atoms with Crippen molar-refractivity contribution >= 4 is 37.0 Å². The molecule has 0 radical (unpaired) electrons. The SMILES string of the molecule is N=C(c1cc(N)ccc1N)S(=O)(=O)c1cccc2ccccc12. The second kappa shape index (κ2) is 5.40. The van der Waals surface area contributed by atoms with Crippen LogP contribution in [0.4, 0.5) is 11.4 Å². The first-order chi connectivity index (χ1) is 10.9. The average Bonchev–Trinajstić information content (AvgIpc) is 2.55. The topological polar surface area (TPSA) is 110 Å². The van der Waals surface area contributed by atoms with Crippen LogP contribution in [0.25, 0.3) is 10.8 Å². The van der Waals surface area contributed by atoms with Gasteiger partial charge in [0.25, 0.3) is 0 Å². The van der Waals surface area contributed by atoms with Crippen LogP contribution in [0.3, 0.4) is 0 Å². The molecule has 5 nitrogen and oxygen atoms in total. The third-order valence-electron chi connectivity index (χ3n) is 3.63. The van der Waals surface area contributed by atoms with E-state index in [4.69, 9.17) is 16.9 Å². The predicted molar refractivity (Wildman–Crippen MR) is 93.2 cm³/mol. The maximum absolute atomic E-state index is 12.9. The summed E-state index contributed by atoms with van der Waals surface area (Å²) < 4.78 is 25.8. The molecule has 0 saturated heterocycles. The van der Waals surface area contributed by atoms with Gasteiger partial charge in [-0.25, -0.2) is 8.42 Å². The van der Waals surface area contributed by atoms with Crippen LogP contribution >= 0.6 is 0 Å². The van der Waals surface area contributed by atoms with E-state index >= 15 is 0 Å². The highest BCUT2D eigenvalue weighted by Crippen LogP contribution is 2.27. The van der Waals surface area contributed by atoms with Gasteiger partial charge in [-0.3, -0.25) is 5.41 Å². The fourth-order valence-corrected chi connectivity index (χ4v) is 3.87. The van der Waals surface area contributed by atoms with Crippen molar-refractivity contribution in [1.29, 1.82) is 5.41 Å². The minimum Gasteiger partial charge on any atom is -0.399 e. The largest absolute Gasteiger partial charge is 0.399 e. The molecule has 0 heterocycles. The number of fused-ring (bicyclic) bond motifs is 1. The Kier molecular flexibility index (Phi) is 3.54. The first kappa shape index (κ1) is 15.1. The van der Waals surface area contributed by atoms with E-state index in [1.165, 1.54) is 18.2 Å². The lowest BCUT2D eigenvalue weighted by Gasteiger charge is -2.11. The molecule has 5 N–H and O–H groups in total. The summed E-state index contributed by atoms with van der Waals surface area (Å²) >= 11 is 0. The summed E-state index contributed by atoms with van der Waals surface area (Å²) in [5.41, 5.74) is 12.2. The van der Waals surface area contributed by atoms with Crippen molar-refractivity contribution in [1.82, 2.24) is 0 Å². The normalized spacial score (nSPS) is 11.5. The summed E-state index contributed by atoms with van der Waals surface area (Å²) in [5.74, 6) is 0. The Labute approximate surface area is 134 Å². The van der Waals surface area contributed by atoms with Crippen LogP contribution in [0.5, 0.6) is 0 Å². The zero-order valence-electron chi connectivity index (χ0n) is 12.2. The fourth-order valence-electron chi connectivity index (χ4n) is 2.46. The zero-order chi connectivity index (χ0) is 16.6. The molecule has 0 unspecified atom stereocenters. The van der Waals surface area contributed by atoms with E-state index in [0.717, 1.165) is 5.39 Å². The summed E-state index contributed by atoms with van der Waals surface area (Å²) in [6, 6.07) is 16.6. The van der Waals surface area contributed by atoms with Crippen LogP contribution < -0.4 is 11.5 Å². The highest BCUT2D eigenvalue weighted by atomic mass is 32.2. The van der Waals surface area contributed by atoms with E-state index in [1.54, 1.807) is 24.3 Å². The van der Waals surface area contributed by atoms with Crippen molar-refractivity contribution in [3.05, 3.63) is 66.2 Å². The third kappa shape index (κ3) is 2.53. The van der Waals surface area contributed by atoms with Crippen molar-refractivity contribution in [2.75, 3.05) is 11.5 Å². The van der Waals surface area contributed by atoms with E-state index < -0.39 is 14.9 Å². The van der Waals surface area contributed by atoms with Crippen LogP contribution in [-0.4, -0.2) is 13.5 Å². The number of anilines is 2. The molecular weight excluding hydrogens is 310 g/mol. The Morgan fingerprint density at radius 2 is 1.61 bits per heavy atom. The van der Waals surface area contributed by atoms with Gasteiger partial charge in [0, 0.05) is 22.3 Å². The molecule has 0 bridgehead atoms. The number of nitrogens with one attached hydrogen (secondary N) is 1. The lowest BCUT2D eigenvalue weighted by Crippen LogP contribution is -2.17. The molecule has 0 amide bonds. The average molecular weight is 325 g/mol. The number of hydrogen-bond acceptors (Lipinski definition) is 5. The highest BCUT2D eigenvalue weighted by Gasteiger charge is 2.26. The number of rotatable bonds is 2. The Hall–Kier alpha value is -2.86. The maximum Gasteiger partial charge on any atom is 0.224 e. The van der Waals surface area contributed by atoms with Crippen LogP contribution in [0.15, 0.2) is 65.6 Å². The number of nitrogens with two attached hydrogens (primary N) is 2. The van der Waals surface area contributed by atoms with Crippen molar-refractivity contribution in [2.45, 2.75) is 4.90 Å². The van der Waals surface area contributed by atoms with Gasteiger partial charge < -0.3 is 11.5 Å². The molecule has 23 heavy (non-hydrogen) atoms. The van der Waals surface area contributed by atoms with Gasteiger partial charge in [0.15, 0.2) is 5.04 Å². The van der Waals surface area contributed by atoms with Gasteiger partial charge in [-0.15, -0.1) is 0 Å². The zero-order valence-corrected chi connectivity index (χ0v) is 13.0. The minimum absolute atomic E-state index is 0.0856. The molecule has 3 aromatic carbocycles. The number of benzene rings is 3. The molecule has 116 valence electrons. The molecule has 3 rings (SSSR count). The van der Waals surface area contributed by atoms with Crippen molar-refractivity contribution in [2.24, 2.45) is 0 Å². The van der Waals surface area contributed by atoms with E-state index in [0.29, 0.717) is 11.1 Å². The Bertz CT molecular complexity index is 1020. The van der Waals surface area contributed by atoms with Gasteiger partial charge in [0.05, 0.1) is 4.90 Å². The van der Waals surface area contributed by atoms with Gasteiger partial charge in [0.1, 0.15) is 0 Å². The molecular formula is C17H15N3O2S. The molecule has 0 spiro atoms. The monoisotopic (exact) mass is 325 g/mol. The Morgan fingerprint density at radius 1 is 0.913 bits per heavy atom. The van der Waals surface area contributed by atoms with E-state index in [1.807, 2.05) is 18.2 Å². The summed E-state index contributed by atoms with van der Waals surface area (Å²) in [5, 5.41) is 8.97. The Morgan fingerprint density at radius 3 is 2.39 bits per heavy atom. The maximum atomic E-state index is 12.9. The molecule has 3 aromatic rings. The lowest BCUT2D eigenvalue weighted by atomic mass is 10.1. The summed E-state index contributed by atoms with van der Waals surface area (Å²) in [6.07, 6.45) is 0. The number of nitrogen functional groups attached to an aromatic ring is 2. The molecule has 0 aliphatic carbocycles. The van der Waals surface area contributed by atoms with E-state index in [2.05, 4.69) is 0 Å². The van der Waals surface area contributed by atoms with Crippen LogP contribution in [0, 0.1) is 5.41 Å². The molecule has 0 saturated carbocycles. The van der Waals surface area contributed by atoms with Gasteiger partial charge in [-0.2, -0.15) is 0 Å².